The molecule has 0 fully saturated rings. The zero-order chi connectivity index (χ0) is 18.7. The van der Waals surface area contributed by atoms with E-state index in [1.807, 2.05) is 6.07 Å². The van der Waals surface area contributed by atoms with Gasteiger partial charge in [0.1, 0.15) is 12.4 Å². The summed E-state index contributed by atoms with van der Waals surface area (Å²) in [5.74, 6) is -0.854. The molecule has 26 heavy (non-hydrogen) atoms. The van der Waals surface area contributed by atoms with Crippen LogP contribution in [0.1, 0.15) is 11.1 Å². The van der Waals surface area contributed by atoms with Crippen LogP contribution in [0, 0.1) is 5.82 Å². The number of nitrogens with one attached hydrogen (secondary N) is 1. The molecule has 0 saturated carbocycles. The standard InChI is InChI=1S/C18H19FN2O4S/c1-25-11-18(22)21-9-8-14-4-7-16(10-17(14)21)20-26(23,24)12-13-2-5-15(19)6-3-13/h2-7,10,20H,8-9,11-12H2,1H3. The van der Waals surface area contributed by atoms with E-state index in [1.54, 1.807) is 17.0 Å². The lowest BCUT2D eigenvalue weighted by molar-refractivity contribution is -0.122. The lowest BCUT2D eigenvalue weighted by atomic mass is 10.1. The van der Waals surface area contributed by atoms with Crippen molar-refractivity contribution in [2.45, 2.75) is 12.2 Å². The molecule has 0 unspecified atom stereocenters. The third-order valence-electron chi connectivity index (χ3n) is 4.09. The van der Waals surface area contributed by atoms with Crippen LogP contribution in [0.3, 0.4) is 0 Å². The highest BCUT2D eigenvalue weighted by Crippen LogP contribution is 2.31. The fourth-order valence-corrected chi connectivity index (χ4v) is 4.11. The number of sulfonamides is 1. The van der Waals surface area contributed by atoms with Crippen molar-refractivity contribution in [1.82, 2.24) is 0 Å². The Kier molecular flexibility index (Phi) is 5.24. The molecule has 3 rings (SSSR count). The minimum Gasteiger partial charge on any atom is -0.375 e. The summed E-state index contributed by atoms with van der Waals surface area (Å²) >= 11 is 0. The van der Waals surface area contributed by atoms with Crippen molar-refractivity contribution in [3.63, 3.8) is 0 Å². The van der Waals surface area contributed by atoms with Gasteiger partial charge < -0.3 is 9.64 Å². The molecule has 1 N–H and O–H groups in total. The van der Waals surface area contributed by atoms with Crippen molar-refractivity contribution in [3.8, 4) is 0 Å². The summed E-state index contributed by atoms with van der Waals surface area (Å²) in [6, 6.07) is 10.4. The Balaban J connectivity index is 1.77. The Morgan fingerprint density at radius 1 is 1.23 bits per heavy atom. The van der Waals surface area contributed by atoms with Gasteiger partial charge in [-0.2, -0.15) is 0 Å². The van der Waals surface area contributed by atoms with Gasteiger partial charge >= 0.3 is 0 Å². The maximum Gasteiger partial charge on any atom is 0.252 e. The van der Waals surface area contributed by atoms with E-state index < -0.39 is 15.8 Å². The van der Waals surface area contributed by atoms with Gasteiger partial charge in [0.25, 0.3) is 5.91 Å². The summed E-state index contributed by atoms with van der Waals surface area (Å²) in [5.41, 5.74) is 2.53. The highest BCUT2D eigenvalue weighted by Gasteiger charge is 2.25. The van der Waals surface area contributed by atoms with Gasteiger partial charge in [0, 0.05) is 19.3 Å². The van der Waals surface area contributed by atoms with Crippen LogP contribution in [0.2, 0.25) is 0 Å². The van der Waals surface area contributed by atoms with Crippen molar-refractivity contribution in [3.05, 3.63) is 59.4 Å². The van der Waals surface area contributed by atoms with Crippen LogP contribution in [0.25, 0.3) is 0 Å². The molecule has 2 aromatic rings. The zero-order valence-electron chi connectivity index (χ0n) is 14.2. The molecule has 0 bridgehead atoms. The lowest BCUT2D eigenvalue weighted by Gasteiger charge is -2.18. The van der Waals surface area contributed by atoms with Crippen LogP contribution in [0.5, 0.6) is 0 Å². The molecule has 138 valence electrons. The second-order valence-corrected chi connectivity index (χ2v) is 7.78. The molecule has 1 amide bonds. The van der Waals surface area contributed by atoms with E-state index in [9.17, 15) is 17.6 Å². The molecule has 2 aromatic carbocycles. The topological polar surface area (TPSA) is 75.7 Å². The van der Waals surface area contributed by atoms with E-state index in [2.05, 4.69) is 4.72 Å². The number of hydrogen-bond acceptors (Lipinski definition) is 4. The number of ether oxygens (including phenoxy) is 1. The molecule has 8 heteroatoms. The first-order valence-corrected chi connectivity index (χ1v) is 9.70. The van der Waals surface area contributed by atoms with Gasteiger partial charge in [-0.05, 0) is 41.8 Å². The van der Waals surface area contributed by atoms with E-state index in [-0.39, 0.29) is 18.3 Å². The normalized spacial score (nSPS) is 13.5. The third-order valence-corrected chi connectivity index (χ3v) is 5.35. The third kappa shape index (κ3) is 4.20. The summed E-state index contributed by atoms with van der Waals surface area (Å²) in [7, 11) is -2.21. The average molecular weight is 378 g/mol. The molecule has 1 aliphatic heterocycles. The quantitative estimate of drug-likeness (QED) is 0.837. The summed E-state index contributed by atoms with van der Waals surface area (Å²) in [4.78, 5) is 13.7. The number of hydrogen-bond donors (Lipinski definition) is 1. The molecule has 0 aromatic heterocycles. The number of nitrogens with zero attached hydrogens (tertiary/aromatic N) is 1. The average Bonchev–Trinajstić information content (AvgIpc) is 3.00. The van der Waals surface area contributed by atoms with Crippen molar-refractivity contribution in [2.75, 3.05) is 29.9 Å². The lowest BCUT2D eigenvalue weighted by Crippen LogP contribution is -2.32. The Morgan fingerprint density at radius 3 is 2.65 bits per heavy atom. The first-order chi connectivity index (χ1) is 12.4. The van der Waals surface area contributed by atoms with E-state index >= 15 is 0 Å². The number of halogens is 1. The first-order valence-electron chi connectivity index (χ1n) is 8.05. The van der Waals surface area contributed by atoms with Gasteiger partial charge in [0.05, 0.1) is 11.4 Å². The number of rotatable bonds is 6. The Hall–Kier alpha value is -2.45. The highest BCUT2D eigenvalue weighted by atomic mass is 32.2. The van der Waals surface area contributed by atoms with Crippen LogP contribution >= 0.6 is 0 Å². The van der Waals surface area contributed by atoms with E-state index in [0.29, 0.717) is 29.9 Å². The van der Waals surface area contributed by atoms with Gasteiger partial charge in [-0.25, -0.2) is 12.8 Å². The Morgan fingerprint density at radius 2 is 1.96 bits per heavy atom. The fraction of sp³-hybridized carbons (Fsp3) is 0.278. The van der Waals surface area contributed by atoms with Crippen molar-refractivity contribution >= 4 is 27.3 Å². The number of methoxy groups -OCH3 is 1. The molecule has 6 nitrogen and oxygen atoms in total. The second-order valence-electron chi connectivity index (χ2n) is 6.06. The van der Waals surface area contributed by atoms with Gasteiger partial charge in [-0.15, -0.1) is 0 Å². The SMILES string of the molecule is COCC(=O)N1CCc2ccc(NS(=O)(=O)Cc3ccc(F)cc3)cc21. The maximum atomic E-state index is 12.9. The van der Waals surface area contributed by atoms with Gasteiger partial charge in [0.2, 0.25) is 10.0 Å². The minimum atomic E-state index is -3.67. The van der Waals surface area contributed by atoms with Gasteiger partial charge in [-0.3, -0.25) is 9.52 Å². The van der Waals surface area contributed by atoms with Crippen LogP contribution in [0.4, 0.5) is 15.8 Å². The molecule has 0 radical (unpaired) electrons. The molecular formula is C18H19FN2O4S. The summed E-state index contributed by atoms with van der Waals surface area (Å²) in [5, 5.41) is 0. The van der Waals surface area contributed by atoms with E-state index in [1.165, 1.54) is 31.4 Å². The summed E-state index contributed by atoms with van der Waals surface area (Å²) in [6.45, 7) is 0.517. The zero-order valence-corrected chi connectivity index (χ0v) is 15.1. The molecule has 0 saturated heterocycles. The number of amides is 1. The second kappa shape index (κ2) is 7.43. The monoisotopic (exact) mass is 378 g/mol. The fourth-order valence-electron chi connectivity index (χ4n) is 2.92. The van der Waals surface area contributed by atoms with Crippen LogP contribution in [0.15, 0.2) is 42.5 Å². The van der Waals surface area contributed by atoms with Crippen LogP contribution < -0.4 is 9.62 Å². The summed E-state index contributed by atoms with van der Waals surface area (Å²) in [6.07, 6.45) is 0.716. The number of fused-ring (bicyclic) bond motifs is 1. The maximum absolute atomic E-state index is 12.9. The Bertz CT molecular complexity index is 913. The van der Waals surface area contributed by atoms with Crippen molar-refractivity contribution < 1.29 is 22.3 Å². The Labute approximate surface area is 151 Å². The number of carbonyl (C=O) groups excluding carboxylic acids is 1. The number of anilines is 2. The predicted octanol–water partition coefficient (Wildman–Crippen LogP) is 2.30. The predicted molar refractivity (Wildman–Crippen MR) is 97.0 cm³/mol. The van der Waals surface area contributed by atoms with Crippen molar-refractivity contribution in [2.24, 2.45) is 0 Å². The van der Waals surface area contributed by atoms with Gasteiger partial charge in [0.15, 0.2) is 0 Å². The van der Waals surface area contributed by atoms with Crippen molar-refractivity contribution in [1.29, 1.82) is 0 Å². The van der Waals surface area contributed by atoms with Crippen LogP contribution in [-0.2, 0) is 31.7 Å². The van der Waals surface area contributed by atoms with Crippen LogP contribution in [-0.4, -0.2) is 34.6 Å². The smallest absolute Gasteiger partial charge is 0.252 e. The molecule has 0 aliphatic carbocycles. The molecule has 1 heterocycles. The number of carbonyl (C=O) groups is 1. The van der Waals surface area contributed by atoms with Gasteiger partial charge in [-0.1, -0.05) is 18.2 Å². The first kappa shape index (κ1) is 18.3. The summed E-state index contributed by atoms with van der Waals surface area (Å²) < 4.78 is 45.1. The molecular weight excluding hydrogens is 359 g/mol. The van der Waals surface area contributed by atoms with E-state index in [4.69, 9.17) is 4.74 Å². The molecule has 1 aliphatic rings. The highest BCUT2D eigenvalue weighted by molar-refractivity contribution is 7.91. The largest absolute Gasteiger partial charge is 0.375 e. The molecule has 0 spiro atoms. The number of benzene rings is 2. The molecule has 0 atom stereocenters. The minimum absolute atomic E-state index is 0.0278. The van der Waals surface area contributed by atoms with E-state index in [0.717, 1.165) is 5.56 Å².